The highest BCUT2D eigenvalue weighted by Gasteiger charge is 2.35. The lowest BCUT2D eigenvalue weighted by Gasteiger charge is -2.12. The molecule has 0 saturated carbocycles. The fourth-order valence-electron chi connectivity index (χ4n) is 0.695. The Balaban J connectivity index is 2.91. The van der Waals surface area contributed by atoms with Crippen LogP contribution >= 0.6 is 0 Å². The number of hydrogen-bond donors (Lipinski definition) is 1. The van der Waals surface area contributed by atoms with Crippen LogP contribution in [-0.4, -0.2) is 24.3 Å². The summed E-state index contributed by atoms with van der Waals surface area (Å²) < 4.78 is 35.7. The fourth-order valence-corrected chi connectivity index (χ4v) is 0.695. The number of carbonyl (C=O) groups excluding carboxylic acids is 1. The highest BCUT2D eigenvalue weighted by molar-refractivity contribution is 5.99. The summed E-state index contributed by atoms with van der Waals surface area (Å²) in [4.78, 5) is 13.5. The van der Waals surface area contributed by atoms with Crippen LogP contribution in [0.25, 0.3) is 0 Å². The van der Waals surface area contributed by atoms with Gasteiger partial charge in [-0.1, -0.05) is 0 Å². The van der Waals surface area contributed by atoms with Crippen molar-refractivity contribution in [3.05, 3.63) is 11.6 Å². The Morgan fingerprint density at radius 2 is 2.08 bits per heavy atom. The van der Waals surface area contributed by atoms with Crippen molar-refractivity contribution in [1.29, 1.82) is 0 Å². The monoisotopic (exact) mass is 178 g/mol. The molecule has 1 heterocycles. The first-order valence-electron chi connectivity index (χ1n) is 3.04. The number of allylic oxidation sites excluding steroid dienone is 1. The first-order valence-corrected chi connectivity index (χ1v) is 3.04. The van der Waals surface area contributed by atoms with Crippen LogP contribution in [0.15, 0.2) is 16.6 Å². The molecule has 0 spiro atoms. The number of rotatable bonds is 0. The minimum absolute atomic E-state index is 0.478. The van der Waals surface area contributed by atoms with E-state index >= 15 is 0 Å². The second-order valence-electron chi connectivity index (χ2n) is 2.24. The number of halogens is 3. The molecular formula is C6H5F3N2O. The average Bonchev–Trinajstić information content (AvgIpc) is 1.92. The van der Waals surface area contributed by atoms with Gasteiger partial charge in [0.25, 0.3) is 5.91 Å². The van der Waals surface area contributed by atoms with Crippen LogP contribution < -0.4 is 5.73 Å². The maximum absolute atomic E-state index is 11.9. The highest BCUT2D eigenvalue weighted by Crippen LogP contribution is 2.25. The van der Waals surface area contributed by atoms with Gasteiger partial charge < -0.3 is 5.73 Å². The lowest BCUT2D eigenvalue weighted by molar-refractivity contribution is -0.118. The normalized spacial score (nSPS) is 24.2. The Kier molecular flexibility index (Phi) is 2.01. The Labute approximate surface area is 65.8 Å². The van der Waals surface area contributed by atoms with E-state index in [4.69, 9.17) is 5.73 Å². The molecule has 0 aromatic carbocycles. The van der Waals surface area contributed by atoms with Gasteiger partial charge in [0.2, 0.25) is 0 Å². The smallest absolute Gasteiger partial charge is 0.317 e. The molecular weight excluding hydrogens is 173 g/mol. The van der Waals surface area contributed by atoms with Crippen LogP contribution in [0.3, 0.4) is 0 Å². The summed E-state index contributed by atoms with van der Waals surface area (Å²) in [6.45, 7) is 0. The van der Waals surface area contributed by atoms with E-state index < -0.39 is 23.7 Å². The third-order valence-corrected chi connectivity index (χ3v) is 1.30. The van der Waals surface area contributed by atoms with E-state index in [1.54, 1.807) is 0 Å². The van der Waals surface area contributed by atoms with Gasteiger partial charge in [-0.25, -0.2) is 4.99 Å². The maximum atomic E-state index is 11.9. The molecule has 3 nitrogen and oxygen atoms in total. The number of nitrogens with zero attached hydrogens (tertiary/aromatic N) is 1. The van der Waals surface area contributed by atoms with Gasteiger partial charge in [-0.15, -0.1) is 0 Å². The number of carbonyl (C=O) groups is 1. The molecule has 0 fully saturated rings. The van der Waals surface area contributed by atoms with Crippen LogP contribution in [0.4, 0.5) is 13.2 Å². The van der Waals surface area contributed by atoms with E-state index in [1.165, 1.54) is 0 Å². The van der Waals surface area contributed by atoms with E-state index in [1.807, 2.05) is 0 Å². The third kappa shape index (κ3) is 1.70. The molecule has 0 aliphatic carbocycles. The minimum atomic E-state index is -4.48. The number of hydrogen-bond acceptors (Lipinski definition) is 2. The lowest BCUT2D eigenvalue weighted by atomic mass is 10.1. The van der Waals surface area contributed by atoms with Crippen molar-refractivity contribution in [2.45, 2.75) is 12.2 Å². The largest absolute Gasteiger partial charge is 0.417 e. The molecule has 0 aromatic rings. The third-order valence-electron chi connectivity index (χ3n) is 1.30. The molecule has 1 aliphatic rings. The molecule has 0 aromatic heterocycles. The Morgan fingerprint density at radius 1 is 1.50 bits per heavy atom. The molecule has 6 heteroatoms. The fraction of sp³-hybridized carbons (Fsp3) is 0.333. The molecule has 1 atom stereocenters. The summed E-state index contributed by atoms with van der Waals surface area (Å²) >= 11 is 0. The summed E-state index contributed by atoms with van der Waals surface area (Å²) in [5.41, 5.74) is 4.05. The predicted octanol–water partition coefficient (Wildman–Crippen LogP) is 0.413. The number of aliphatic imine (C=N–C) groups is 1. The van der Waals surface area contributed by atoms with Crippen molar-refractivity contribution >= 4 is 12.1 Å². The van der Waals surface area contributed by atoms with Gasteiger partial charge in [-0.2, -0.15) is 13.2 Å². The van der Waals surface area contributed by atoms with Crippen molar-refractivity contribution in [1.82, 2.24) is 0 Å². The molecule has 1 aliphatic heterocycles. The maximum Gasteiger partial charge on any atom is 0.417 e. The van der Waals surface area contributed by atoms with Crippen molar-refractivity contribution < 1.29 is 18.0 Å². The van der Waals surface area contributed by atoms with Crippen LogP contribution in [0.5, 0.6) is 0 Å². The van der Waals surface area contributed by atoms with Gasteiger partial charge in [0.1, 0.15) is 6.04 Å². The summed E-state index contributed by atoms with van der Waals surface area (Å²) in [6.07, 6.45) is -3.36. The molecule has 12 heavy (non-hydrogen) atoms. The van der Waals surface area contributed by atoms with Crippen molar-refractivity contribution in [2.24, 2.45) is 10.7 Å². The van der Waals surface area contributed by atoms with Crippen LogP contribution in [0.1, 0.15) is 0 Å². The Morgan fingerprint density at radius 3 is 2.50 bits per heavy atom. The van der Waals surface area contributed by atoms with Gasteiger partial charge >= 0.3 is 6.18 Å². The number of dihydropyridines is 1. The van der Waals surface area contributed by atoms with Gasteiger partial charge in [0.15, 0.2) is 0 Å². The van der Waals surface area contributed by atoms with E-state index in [9.17, 15) is 18.0 Å². The SMILES string of the molecule is NC1C=C(C(F)(F)F)C=NC1=O. The zero-order valence-electron chi connectivity index (χ0n) is 5.80. The van der Waals surface area contributed by atoms with E-state index in [0.717, 1.165) is 0 Å². The van der Waals surface area contributed by atoms with Crippen LogP contribution in [-0.2, 0) is 4.79 Å². The minimum Gasteiger partial charge on any atom is -0.317 e. The molecule has 0 bridgehead atoms. The molecule has 0 radical (unpaired) electrons. The summed E-state index contributed by atoms with van der Waals surface area (Å²) in [6, 6.07) is -1.27. The first kappa shape index (κ1) is 8.92. The van der Waals surface area contributed by atoms with Crippen LogP contribution in [0, 0.1) is 0 Å². The van der Waals surface area contributed by atoms with Crippen molar-refractivity contribution in [2.75, 3.05) is 0 Å². The van der Waals surface area contributed by atoms with E-state index in [2.05, 4.69) is 4.99 Å². The van der Waals surface area contributed by atoms with Crippen molar-refractivity contribution in [3.8, 4) is 0 Å². The number of nitrogens with two attached hydrogens (primary N) is 1. The zero-order valence-corrected chi connectivity index (χ0v) is 5.80. The average molecular weight is 178 g/mol. The molecule has 0 saturated heterocycles. The second kappa shape index (κ2) is 2.71. The predicted molar refractivity (Wildman–Crippen MR) is 35.6 cm³/mol. The highest BCUT2D eigenvalue weighted by atomic mass is 19.4. The summed E-state index contributed by atoms with van der Waals surface area (Å²) in [5.74, 6) is -0.761. The van der Waals surface area contributed by atoms with Gasteiger partial charge in [-0.05, 0) is 6.08 Å². The number of amides is 1. The summed E-state index contributed by atoms with van der Waals surface area (Å²) in [5, 5.41) is 0. The molecule has 1 rings (SSSR count). The molecule has 1 unspecified atom stereocenters. The van der Waals surface area contributed by atoms with E-state index in [0.29, 0.717) is 12.3 Å². The van der Waals surface area contributed by atoms with Crippen molar-refractivity contribution in [3.63, 3.8) is 0 Å². The van der Waals surface area contributed by atoms with Crippen LogP contribution in [0.2, 0.25) is 0 Å². The van der Waals surface area contributed by atoms with E-state index in [-0.39, 0.29) is 0 Å². The standard InChI is InChI=1S/C6H5F3N2O/c7-6(8,9)3-1-4(10)5(12)11-2-3/h1-2,4H,10H2. The zero-order chi connectivity index (χ0) is 9.35. The van der Waals surface area contributed by atoms with Gasteiger partial charge in [0.05, 0.1) is 5.57 Å². The van der Waals surface area contributed by atoms with Gasteiger partial charge in [-0.3, -0.25) is 4.79 Å². The molecule has 1 amide bonds. The lowest BCUT2D eigenvalue weighted by Crippen LogP contribution is -2.32. The second-order valence-corrected chi connectivity index (χ2v) is 2.24. The molecule has 66 valence electrons. The Bertz CT molecular complexity index is 266. The molecule has 2 N–H and O–H groups in total. The topological polar surface area (TPSA) is 55.4 Å². The van der Waals surface area contributed by atoms with Gasteiger partial charge in [0, 0.05) is 6.21 Å². The number of alkyl halides is 3. The summed E-state index contributed by atoms with van der Waals surface area (Å²) in [7, 11) is 0. The first-order chi connectivity index (χ1) is 5.41. The Hall–Kier alpha value is -1.17. The quantitative estimate of drug-likeness (QED) is 0.584.